The first-order valence-corrected chi connectivity index (χ1v) is 8.52. The minimum absolute atomic E-state index is 0.156. The van der Waals surface area contributed by atoms with Gasteiger partial charge in [0.2, 0.25) is 0 Å². The minimum Gasteiger partial charge on any atom is -0.462 e. The Morgan fingerprint density at radius 2 is 1.89 bits per heavy atom. The lowest BCUT2D eigenvalue weighted by Gasteiger charge is -2.01. The second-order valence-corrected chi connectivity index (χ2v) is 5.67. The van der Waals surface area contributed by atoms with Gasteiger partial charge in [0.15, 0.2) is 0 Å². The molecule has 0 bridgehead atoms. The fourth-order valence-corrected chi connectivity index (χ4v) is 2.55. The van der Waals surface area contributed by atoms with Crippen molar-refractivity contribution in [3.05, 3.63) is 77.8 Å². The predicted molar refractivity (Wildman–Crippen MR) is 102 cm³/mol. The lowest BCUT2D eigenvalue weighted by molar-refractivity contribution is -0.137. The molecule has 0 fully saturated rings. The molecule has 2 heterocycles. The Morgan fingerprint density at radius 3 is 2.54 bits per heavy atom. The summed E-state index contributed by atoms with van der Waals surface area (Å²) < 4.78 is 6.09. The molecule has 0 radical (unpaired) electrons. The van der Waals surface area contributed by atoms with Crippen LogP contribution in [0.4, 0.5) is 0 Å². The van der Waals surface area contributed by atoms with Crippen molar-refractivity contribution in [3.8, 4) is 17.3 Å². The lowest BCUT2D eigenvalue weighted by Crippen LogP contribution is -2.12. The van der Waals surface area contributed by atoms with Crippen LogP contribution in [0.25, 0.3) is 17.3 Å². The van der Waals surface area contributed by atoms with Crippen molar-refractivity contribution in [1.82, 2.24) is 14.8 Å². The number of pyridine rings is 1. The molecule has 7 nitrogen and oxygen atoms in total. The zero-order chi connectivity index (χ0) is 19.9. The molecule has 138 valence electrons. The normalized spacial score (nSPS) is 10.9. The zero-order valence-electron chi connectivity index (χ0n) is 15.1. The number of nitriles is 1. The first-order chi connectivity index (χ1) is 13.6. The van der Waals surface area contributed by atoms with E-state index in [1.165, 1.54) is 29.3 Å². The van der Waals surface area contributed by atoms with Gasteiger partial charge in [0.1, 0.15) is 17.3 Å². The van der Waals surface area contributed by atoms with E-state index in [4.69, 9.17) is 4.74 Å². The van der Waals surface area contributed by atoms with E-state index >= 15 is 0 Å². The van der Waals surface area contributed by atoms with Crippen LogP contribution in [-0.2, 0) is 9.53 Å². The number of carbonyl (C=O) groups excluding carboxylic acids is 2. The maximum atomic E-state index is 12.7. The Kier molecular flexibility index (Phi) is 5.72. The van der Waals surface area contributed by atoms with Crippen molar-refractivity contribution in [1.29, 1.82) is 5.26 Å². The number of aromatic nitrogens is 3. The van der Waals surface area contributed by atoms with Crippen molar-refractivity contribution in [2.24, 2.45) is 0 Å². The van der Waals surface area contributed by atoms with Gasteiger partial charge in [0, 0.05) is 35.3 Å². The first-order valence-electron chi connectivity index (χ1n) is 8.52. The van der Waals surface area contributed by atoms with Crippen molar-refractivity contribution in [3.63, 3.8) is 0 Å². The van der Waals surface area contributed by atoms with Crippen molar-refractivity contribution < 1.29 is 14.3 Å². The van der Waals surface area contributed by atoms with Crippen molar-refractivity contribution >= 4 is 18.0 Å². The molecule has 7 heteroatoms. The molecule has 0 aliphatic carbocycles. The molecule has 0 aliphatic rings. The van der Waals surface area contributed by atoms with Crippen LogP contribution in [0.1, 0.15) is 22.8 Å². The van der Waals surface area contributed by atoms with Crippen LogP contribution in [-0.4, -0.2) is 33.2 Å². The second-order valence-electron chi connectivity index (χ2n) is 5.67. The standard InChI is InChI=1S/C21H16N4O3/c1-2-28-21(27)17(13-22)12-18-14-25(20(26)16-8-10-23-11-9-16)24-19(18)15-6-4-3-5-7-15/h3-12,14H,2H2,1H3. The Morgan fingerprint density at radius 1 is 1.18 bits per heavy atom. The van der Waals surface area contributed by atoms with Gasteiger partial charge in [-0.1, -0.05) is 30.3 Å². The number of hydrogen-bond donors (Lipinski definition) is 0. The van der Waals surface area contributed by atoms with E-state index in [-0.39, 0.29) is 18.1 Å². The third kappa shape index (κ3) is 4.02. The number of esters is 1. The van der Waals surface area contributed by atoms with Gasteiger partial charge in [-0.15, -0.1) is 0 Å². The lowest BCUT2D eigenvalue weighted by atomic mass is 10.1. The summed E-state index contributed by atoms with van der Waals surface area (Å²) in [7, 11) is 0. The summed E-state index contributed by atoms with van der Waals surface area (Å²) in [6.45, 7) is 1.82. The molecule has 28 heavy (non-hydrogen) atoms. The molecule has 0 unspecified atom stereocenters. The third-order valence-corrected chi connectivity index (χ3v) is 3.84. The fourth-order valence-electron chi connectivity index (χ4n) is 2.55. The van der Waals surface area contributed by atoms with Crippen LogP contribution in [0.3, 0.4) is 0 Å². The molecule has 0 N–H and O–H groups in total. The van der Waals surface area contributed by atoms with E-state index < -0.39 is 5.97 Å². The first kappa shape index (κ1) is 18.7. The van der Waals surface area contributed by atoms with Crippen LogP contribution in [0.5, 0.6) is 0 Å². The Labute approximate surface area is 161 Å². The maximum absolute atomic E-state index is 12.7. The van der Waals surface area contributed by atoms with Gasteiger partial charge >= 0.3 is 5.97 Å². The smallest absolute Gasteiger partial charge is 0.348 e. The van der Waals surface area contributed by atoms with E-state index in [9.17, 15) is 14.9 Å². The molecule has 2 aromatic heterocycles. The van der Waals surface area contributed by atoms with Crippen LogP contribution in [0.15, 0.2) is 66.6 Å². The molecule has 0 aliphatic heterocycles. The molecule has 0 saturated carbocycles. The van der Waals surface area contributed by atoms with Crippen molar-refractivity contribution in [2.75, 3.05) is 6.61 Å². The quantitative estimate of drug-likeness (QED) is 0.388. The van der Waals surface area contributed by atoms with Gasteiger partial charge in [-0.3, -0.25) is 9.78 Å². The molecule has 0 saturated heterocycles. The monoisotopic (exact) mass is 372 g/mol. The topological polar surface area (TPSA) is 97.9 Å². The number of carbonyl (C=O) groups is 2. The van der Waals surface area contributed by atoms with Gasteiger partial charge in [0.25, 0.3) is 5.91 Å². The van der Waals surface area contributed by atoms with Gasteiger partial charge in [0.05, 0.1) is 6.61 Å². The Balaban J connectivity index is 2.10. The average Bonchev–Trinajstić information content (AvgIpc) is 3.16. The van der Waals surface area contributed by atoms with Crippen LogP contribution < -0.4 is 0 Å². The highest BCUT2D eigenvalue weighted by Gasteiger charge is 2.18. The van der Waals surface area contributed by atoms with Gasteiger partial charge in [-0.05, 0) is 25.1 Å². The van der Waals surface area contributed by atoms with E-state index in [1.54, 1.807) is 19.1 Å². The number of ether oxygens (including phenoxy) is 1. The summed E-state index contributed by atoms with van der Waals surface area (Å²) in [4.78, 5) is 28.6. The number of nitrogens with zero attached hydrogens (tertiary/aromatic N) is 4. The molecule has 3 aromatic rings. The maximum Gasteiger partial charge on any atom is 0.348 e. The molecular weight excluding hydrogens is 356 g/mol. The Hall–Kier alpha value is -4.05. The highest BCUT2D eigenvalue weighted by molar-refractivity contribution is 6.00. The van der Waals surface area contributed by atoms with E-state index in [0.29, 0.717) is 16.8 Å². The fraction of sp³-hybridized carbons (Fsp3) is 0.0952. The minimum atomic E-state index is -0.725. The number of benzene rings is 1. The third-order valence-electron chi connectivity index (χ3n) is 3.84. The second kappa shape index (κ2) is 8.56. The van der Waals surface area contributed by atoms with Crippen LogP contribution in [0, 0.1) is 11.3 Å². The largest absolute Gasteiger partial charge is 0.462 e. The summed E-state index contributed by atoms with van der Waals surface area (Å²) in [6.07, 6.45) is 5.90. The molecule has 0 amide bonds. The summed E-state index contributed by atoms with van der Waals surface area (Å²) in [5.41, 5.74) is 1.92. The molecule has 1 aromatic carbocycles. The van der Waals surface area contributed by atoms with E-state index in [2.05, 4.69) is 10.1 Å². The van der Waals surface area contributed by atoms with Gasteiger partial charge in [-0.25, -0.2) is 9.48 Å². The molecule has 0 atom stereocenters. The molecular formula is C21H16N4O3. The molecule has 3 rings (SSSR count). The average molecular weight is 372 g/mol. The SMILES string of the molecule is CCOC(=O)C(C#N)=Cc1cn(C(=O)c2ccncc2)nc1-c1ccccc1. The van der Waals surface area contributed by atoms with Crippen LogP contribution >= 0.6 is 0 Å². The summed E-state index contributed by atoms with van der Waals surface area (Å²) in [5.74, 6) is -1.08. The summed E-state index contributed by atoms with van der Waals surface area (Å²) in [5, 5.41) is 13.7. The van der Waals surface area contributed by atoms with Gasteiger partial charge < -0.3 is 4.74 Å². The Bertz CT molecular complexity index is 1060. The van der Waals surface area contributed by atoms with E-state index in [0.717, 1.165) is 5.56 Å². The highest BCUT2D eigenvalue weighted by Crippen LogP contribution is 2.24. The van der Waals surface area contributed by atoms with E-state index in [1.807, 2.05) is 36.4 Å². The van der Waals surface area contributed by atoms with Crippen molar-refractivity contribution in [2.45, 2.75) is 6.92 Å². The van der Waals surface area contributed by atoms with Gasteiger partial charge in [-0.2, -0.15) is 10.4 Å². The predicted octanol–water partition coefficient (Wildman–Crippen LogP) is 3.10. The summed E-state index contributed by atoms with van der Waals surface area (Å²) in [6, 6.07) is 14.2. The highest BCUT2D eigenvalue weighted by atomic mass is 16.5. The zero-order valence-corrected chi connectivity index (χ0v) is 15.1. The molecule has 0 spiro atoms. The van der Waals surface area contributed by atoms with Crippen LogP contribution in [0.2, 0.25) is 0 Å². The number of hydrogen-bond acceptors (Lipinski definition) is 6. The number of rotatable bonds is 5. The summed E-state index contributed by atoms with van der Waals surface area (Å²) >= 11 is 0.